The van der Waals surface area contributed by atoms with Gasteiger partial charge in [-0.15, -0.1) is 0 Å². The summed E-state index contributed by atoms with van der Waals surface area (Å²) in [7, 11) is 0. The summed E-state index contributed by atoms with van der Waals surface area (Å²) in [5, 5.41) is 7.06. The van der Waals surface area contributed by atoms with E-state index in [1.54, 1.807) is 18.3 Å². The number of hydrazone groups is 1. The van der Waals surface area contributed by atoms with E-state index in [1.165, 1.54) is 0 Å². The van der Waals surface area contributed by atoms with Crippen molar-refractivity contribution in [3.05, 3.63) is 76.3 Å². The Bertz CT molecular complexity index is 1170. The molecule has 0 bridgehead atoms. The van der Waals surface area contributed by atoms with Crippen LogP contribution in [0.5, 0.6) is 23.0 Å². The molecule has 34 heavy (non-hydrogen) atoms. The molecule has 3 aromatic rings. The minimum atomic E-state index is -0.284. The SMILES string of the molecule is CCOc1cc(/C=N\NC(=O)CNc2ccc3c(c2)OCO3)ccc1OCc1ccc(Br)cc1. The standard InChI is InChI=1S/C25H24BrN3O5/c1-2-31-23-11-18(5-9-21(23)32-15-17-3-6-19(26)7-4-17)13-28-29-25(30)14-27-20-8-10-22-24(12-20)34-16-33-22/h3-13,27H,2,14-16H2,1H3,(H,29,30)/b28-13-. The third kappa shape index (κ3) is 6.41. The van der Waals surface area contributed by atoms with Crippen molar-refractivity contribution >= 4 is 33.7 Å². The second kappa shape index (κ2) is 11.4. The van der Waals surface area contributed by atoms with Gasteiger partial charge in [0, 0.05) is 16.2 Å². The summed E-state index contributed by atoms with van der Waals surface area (Å²) in [5.74, 6) is 2.31. The van der Waals surface area contributed by atoms with Gasteiger partial charge in [0.2, 0.25) is 6.79 Å². The molecule has 0 saturated heterocycles. The van der Waals surface area contributed by atoms with Gasteiger partial charge in [0.1, 0.15) is 6.61 Å². The number of carbonyl (C=O) groups excluding carboxylic acids is 1. The maximum absolute atomic E-state index is 12.1. The monoisotopic (exact) mass is 525 g/mol. The number of anilines is 1. The highest BCUT2D eigenvalue weighted by molar-refractivity contribution is 9.10. The Hall–Kier alpha value is -3.72. The van der Waals surface area contributed by atoms with E-state index in [1.807, 2.05) is 55.5 Å². The van der Waals surface area contributed by atoms with Crippen molar-refractivity contribution in [3.63, 3.8) is 0 Å². The molecule has 0 aliphatic carbocycles. The van der Waals surface area contributed by atoms with Crippen LogP contribution in [0, 0.1) is 0 Å². The van der Waals surface area contributed by atoms with Gasteiger partial charge in [0.15, 0.2) is 23.0 Å². The molecule has 1 aliphatic heterocycles. The number of nitrogens with one attached hydrogen (secondary N) is 2. The minimum absolute atomic E-state index is 0.0595. The lowest BCUT2D eigenvalue weighted by Gasteiger charge is -2.12. The Morgan fingerprint density at radius 2 is 1.85 bits per heavy atom. The van der Waals surface area contributed by atoms with Gasteiger partial charge in [-0.2, -0.15) is 5.10 Å². The predicted octanol–water partition coefficient (Wildman–Crippen LogP) is 4.72. The van der Waals surface area contributed by atoms with Crippen LogP contribution in [0.4, 0.5) is 5.69 Å². The largest absolute Gasteiger partial charge is 0.490 e. The van der Waals surface area contributed by atoms with Gasteiger partial charge >= 0.3 is 0 Å². The van der Waals surface area contributed by atoms with Crippen LogP contribution in [0.3, 0.4) is 0 Å². The third-order valence-corrected chi connectivity index (χ3v) is 5.33. The second-order valence-electron chi connectivity index (χ2n) is 7.27. The molecule has 3 aromatic carbocycles. The summed E-state index contributed by atoms with van der Waals surface area (Å²) < 4.78 is 23.3. The number of ether oxygens (including phenoxy) is 4. The molecule has 0 atom stereocenters. The lowest BCUT2D eigenvalue weighted by atomic mass is 10.2. The molecule has 2 N–H and O–H groups in total. The number of hydrogen-bond donors (Lipinski definition) is 2. The number of halogens is 1. The van der Waals surface area contributed by atoms with Crippen LogP contribution < -0.4 is 29.7 Å². The van der Waals surface area contributed by atoms with Gasteiger partial charge in [-0.1, -0.05) is 28.1 Å². The van der Waals surface area contributed by atoms with Crippen molar-refractivity contribution in [2.75, 3.05) is 25.3 Å². The molecule has 8 nitrogen and oxygen atoms in total. The van der Waals surface area contributed by atoms with Crippen molar-refractivity contribution in [2.24, 2.45) is 5.10 Å². The summed E-state index contributed by atoms with van der Waals surface area (Å²) in [6.45, 7) is 3.10. The molecule has 0 saturated carbocycles. The summed E-state index contributed by atoms with van der Waals surface area (Å²) in [4.78, 5) is 12.1. The molecule has 4 rings (SSSR count). The van der Waals surface area contributed by atoms with Crippen molar-refractivity contribution in [1.29, 1.82) is 0 Å². The fourth-order valence-electron chi connectivity index (χ4n) is 3.14. The molecule has 1 heterocycles. The van der Waals surface area contributed by atoms with Crippen LogP contribution >= 0.6 is 15.9 Å². The Kier molecular flexibility index (Phi) is 7.87. The zero-order valence-corrected chi connectivity index (χ0v) is 20.1. The Labute approximate surface area is 206 Å². The van der Waals surface area contributed by atoms with E-state index < -0.39 is 0 Å². The summed E-state index contributed by atoms with van der Waals surface area (Å²) in [5.41, 5.74) is 5.08. The van der Waals surface area contributed by atoms with Crippen molar-refractivity contribution in [2.45, 2.75) is 13.5 Å². The summed E-state index contributed by atoms with van der Waals surface area (Å²) >= 11 is 3.43. The van der Waals surface area contributed by atoms with E-state index in [4.69, 9.17) is 18.9 Å². The molecule has 0 spiro atoms. The number of hydrogen-bond acceptors (Lipinski definition) is 7. The maximum Gasteiger partial charge on any atom is 0.259 e. The van der Waals surface area contributed by atoms with Crippen LogP contribution in [0.15, 0.2) is 70.2 Å². The Balaban J connectivity index is 1.29. The normalized spacial score (nSPS) is 11.9. The fourth-order valence-corrected chi connectivity index (χ4v) is 3.41. The molecule has 1 amide bonds. The van der Waals surface area contributed by atoms with Crippen LogP contribution in [-0.4, -0.2) is 32.1 Å². The van der Waals surface area contributed by atoms with E-state index in [0.29, 0.717) is 36.2 Å². The molecule has 1 aliphatic rings. The number of nitrogens with zero attached hydrogens (tertiary/aromatic N) is 1. The molecule has 0 radical (unpaired) electrons. The van der Waals surface area contributed by atoms with Gasteiger partial charge in [-0.25, -0.2) is 5.43 Å². The smallest absolute Gasteiger partial charge is 0.259 e. The molecule has 0 aromatic heterocycles. The fraction of sp³-hybridized carbons (Fsp3) is 0.200. The minimum Gasteiger partial charge on any atom is -0.490 e. The lowest BCUT2D eigenvalue weighted by molar-refractivity contribution is -0.119. The zero-order valence-electron chi connectivity index (χ0n) is 18.5. The highest BCUT2D eigenvalue weighted by Crippen LogP contribution is 2.34. The van der Waals surface area contributed by atoms with Gasteiger partial charge in [0.05, 0.1) is 19.4 Å². The molecular weight excluding hydrogens is 502 g/mol. The number of fused-ring (bicyclic) bond motifs is 1. The third-order valence-electron chi connectivity index (χ3n) is 4.80. The van der Waals surface area contributed by atoms with Crippen molar-refractivity contribution in [3.8, 4) is 23.0 Å². The second-order valence-corrected chi connectivity index (χ2v) is 8.18. The topological polar surface area (TPSA) is 90.4 Å². The first-order valence-electron chi connectivity index (χ1n) is 10.7. The van der Waals surface area contributed by atoms with Gasteiger partial charge < -0.3 is 24.3 Å². The summed E-state index contributed by atoms with van der Waals surface area (Å²) in [6.07, 6.45) is 1.56. The molecule has 176 valence electrons. The van der Waals surface area contributed by atoms with Crippen molar-refractivity contribution < 1.29 is 23.7 Å². The number of rotatable bonds is 10. The highest BCUT2D eigenvalue weighted by atomic mass is 79.9. The molecule has 0 fully saturated rings. The molecular formula is C25H24BrN3O5. The lowest BCUT2D eigenvalue weighted by Crippen LogP contribution is -2.25. The highest BCUT2D eigenvalue weighted by Gasteiger charge is 2.13. The number of carbonyl (C=O) groups is 1. The van der Waals surface area contributed by atoms with Gasteiger partial charge in [-0.05, 0) is 60.5 Å². The quantitative estimate of drug-likeness (QED) is 0.294. The Morgan fingerprint density at radius 1 is 1.03 bits per heavy atom. The van der Waals surface area contributed by atoms with E-state index in [2.05, 4.69) is 31.8 Å². The first-order valence-corrected chi connectivity index (χ1v) is 11.5. The van der Waals surface area contributed by atoms with Gasteiger partial charge in [-0.3, -0.25) is 4.79 Å². The maximum atomic E-state index is 12.1. The molecule has 0 unspecified atom stereocenters. The van der Waals surface area contributed by atoms with E-state index in [-0.39, 0.29) is 19.2 Å². The first-order chi connectivity index (χ1) is 16.6. The first kappa shape index (κ1) is 23.4. The van der Waals surface area contributed by atoms with E-state index >= 15 is 0 Å². The van der Waals surface area contributed by atoms with E-state index in [9.17, 15) is 4.79 Å². The number of benzene rings is 3. The Morgan fingerprint density at radius 3 is 2.68 bits per heavy atom. The average Bonchev–Trinajstić information content (AvgIpc) is 3.31. The predicted molar refractivity (Wildman–Crippen MR) is 133 cm³/mol. The molecule has 9 heteroatoms. The number of amides is 1. The van der Waals surface area contributed by atoms with E-state index in [0.717, 1.165) is 21.3 Å². The van der Waals surface area contributed by atoms with Crippen LogP contribution in [-0.2, 0) is 11.4 Å². The van der Waals surface area contributed by atoms with Crippen LogP contribution in [0.1, 0.15) is 18.1 Å². The summed E-state index contributed by atoms with van der Waals surface area (Å²) in [6, 6.07) is 18.8. The van der Waals surface area contributed by atoms with Crippen molar-refractivity contribution in [1.82, 2.24) is 5.43 Å². The zero-order chi connectivity index (χ0) is 23.8. The average molecular weight is 526 g/mol. The van der Waals surface area contributed by atoms with Gasteiger partial charge in [0.25, 0.3) is 5.91 Å². The van der Waals surface area contributed by atoms with Crippen LogP contribution in [0.2, 0.25) is 0 Å². The van der Waals surface area contributed by atoms with Crippen LogP contribution in [0.25, 0.3) is 0 Å².